The number of fused-ring (bicyclic) bond motifs is 1. The molecule has 0 spiro atoms. The molecule has 76 valence electrons. The van der Waals surface area contributed by atoms with E-state index in [0.717, 1.165) is 0 Å². The van der Waals surface area contributed by atoms with Crippen molar-refractivity contribution in [2.45, 2.75) is 0 Å². The Balaban J connectivity index is 2.93. The molecule has 0 aliphatic carbocycles. The smallest absolute Gasteiger partial charge is 0.259 e. The second-order valence-corrected chi connectivity index (χ2v) is 3.87. The van der Waals surface area contributed by atoms with Gasteiger partial charge in [-0.1, -0.05) is 23.2 Å². The molecule has 0 aliphatic heterocycles. The highest BCUT2D eigenvalue weighted by Crippen LogP contribution is 2.25. The molecule has 0 fully saturated rings. The Kier molecular flexibility index (Phi) is 2.50. The zero-order valence-corrected chi connectivity index (χ0v) is 8.89. The molecule has 0 radical (unpaired) electrons. The van der Waals surface area contributed by atoms with Gasteiger partial charge in [0.2, 0.25) is 0 Å². The first-order valence-corrected chi connectivity index (χ1v) is 4.84. The Morgan fingerprint density at radius 2 is 1.93 bits per heavy atom. The first kappa shape index (κ1) is 10.2. The summed E-state index contributed by atoms with van der Waals surface area (Å²) in [7, 11) is 0. The van der Waals surface area contributed by atoms with Gasteiger partial charge in [-0.15, -0.1) is 0 Å². The molecule has 0 bridgehead atoms. The summed E-state index contributed by atoms with van der Waals surface area (Å²) >= 11 is 11.7. The van der Waals surface area contributed by atoms with Crippen molar-refractivity contribution in [1.82, 2.24) is 4.98 Å². The topological polar surface area (TPSA) is 49.9 Å². The van der Waals surface area contributed by atoms with Gasteiger partial charge >= 0.3 is 0 Å². The molecule has 2 rings (SSSR count). The van der Waals surface area contributed by atoms with E-state index in [1.165, 1.54) is 12.1 Å². The highest BCUT2D eigenvalue weighted by Gasteiger charge is 2.05. The predicted octanol–water partition coefficient (Wildman–Crippen LogP) is 2.65. The van der Waals surface area contributed by atoms with E-state index >= 15 is 0 Å². The predicted molar refractivity (Wildman–Crippen MR) is 60.0 cm³/mol. The molecule has 0 saturated carbocycles. The SMILES string of the molecule is O=Cc1cc2cc(Cl)cc(Cl)c2[nH]c1=O. The molecule has 5 heteroatoms. The number of carbonyl (C=O) groups is 1. The summed E-state index contributed by atoms with van der Waals surface area (Å²) in [4.78, 5) is 24.4. The van der Waals surface area contributed by atoms with Gasteiger partial charge < -0.3 is 4.98 Å². The zero-order valence-electron chi connectivity index (χ0n) is 7.38. The van der Waals surface area contributed by atoms with Gasteiger partial charge in [-0.2, -0.15) is 0 Å². The van der Waals surface area contributed by atoms with Crippen molar-refractivity contribution in [3.05, 3.63) is 44.2 Å². The average Bonchev–Trinajstić information content (AvgIpc) is 2.18. The van der Waals surface area contributed by atoms with Crippen LogP contribution in [-0.4, -0.2) is 11.3 Å². The van der Waals surface area contributed by atoms with Crippen LogP contribution < -0.4 is 5.56 Å². The van der Waals surface area contributed by atoms with Gasteiger partial charge in [0, 0.05) is 10.4 Å². The van der Waals surface area contributed by atoms with E-state index in [-0.39, 0.29) is 5.56 Å². The summed E-state index contributed by atoms with van der Waals surface area (Å²) in [6, 6.07) is 4.62. The number of pyridine rings is 1. The molecule has 15 heavy (non-hydrogen) atoms. The lowest BCUT2D eigenvalue weighted by Crippen LogP contribution is -2.11. The number of aromatic nitrogens is 1. The Morgan fingerprint density at radius 1 is 1.20 bits per heavy atom. The van der Waals surface area contributed by atoms with E-state index in [1.54, 1.807) is 6.07 Å². The Labute approximate surface area is 94.6 Å². The van der Waals surface area contributed by atoms with Crippen LogP contribution in [0.5, 0.6) is 0 Å². The number of aromatic amines is 1. The van der Waals surface area contributed by atoms with Gasteiger partial charge in [-0.25, -0.2) is 0 Å². The molecular formula is C10H5Cl2NO2. The molecule has 1 N–H and O–H groups in total. The minimum Gasteiger partial charge on any atom is -0.320 e. The third-order valence-electron chi connectivity index (χ3n) is 2.02. The lowest BCUT2D eigenvalue weighted by Gasteiger charge is -2.01. The van der Waals surface area contributed by atoms with Gasteiger partial charge in [0.05, 0.1) is 16.1 Å². The standard InChI is InChI=1S/C10H5Cl2NO2/c11-7-2-5-1-6(4-14)10(15)13-9(5)8(12)3-7/h1-4H,(H,13,15). The number of nitrogens with one attached hydrogen (secondary N) is 1. The van der Waals surface area contributed by atoms with E-state index in [9.17, 15) is 9.59 Å². The fourth-order valence-corrected chi connectivity index (χ4v) is 1.90. The van der Waals surface area contributed by atoms with Crippen LogP contribution in [-0.2, 0) is 0 Å². The van der Waals surface area contributed by atoms with Gasteiger partial charge in [0.15, 0.2) is 6.29 Å². The summed E-state index contributed by atoms with van der Waals surface area (Å²) in [5.74, 6) is 0. The summed E-state index contributed by atoms with van der Waals surface area (Å²) in [6.07, 6.45) is 0.493. The van der Waals surface area contributed by atoms with Crippen LogP contribution in [0.25, 0.3) is 10.9 Å². The number of hydrogen-bond acceptors (Lipinski definition) is 2. The maximum atomic E-state index is 11.3. The third kappa shape index (κ3) is 1.76. The quantitative estimate of drug-likeness (QED) is 0.781. The third-order valence-corrected chi connectivity index (χ3v) is 2.54. The first-order valence-electron chi connectivity index (χ1n) is 4.09. The summed E-state index contributed by atoms with van der Waals surface area (Å²) in [5.41, 5.74) is 0.0826. The lowest BCUT2D eigenvalue weighted by molar-refractivity contribution is 0.112. The molecule has 0 aliphatic rings. The number of benzene rings is 1. The zero-order chi connectivity index (χ0) is 11.0. The van der Waals surface area contributed by atoms with Crippen molar-refractivity contribution in [2.24, 2.45) is 0 Å². The number of aldehydes is 1. The molecule has 1 aromatic heterocycles. The molecule has 0 atom stereocenters. The van der Waals surface area contributed by atoms with Crippen molar-refractivity contribution in [1.29, 1.82) is 0 Å². The largest absolute Gasteiger partial charge is 0.320 e. The monoisotopic (exact) mass is 241 g/mol. The maximum Gasteiger partial charge on any atom is 0.259 e. The van der Waals surface area contributed by atoms with E-state index in [0.29, 0.717) is 27.2 Å². The number of hydrogen-bond donors (Lipinski definition) is 1. The van der Waals surface area contributed by atoms with Crippen molar-refractivity contribution in [2.75, 3.05) is 0 Å². The average molecular weight is 242 g/mol. The first-order chi connectivity index (χ1) is 7.11. The number of carbonyl (C=O) groups excluding carboxylic acids is 1. The molecule has 0 amide bonds. The van der Waals surface area contributed by atoms with Crippen molar-refractivity contribution < 1.29 is 4.79 Å². The second kappa shape index (κ2) is 3.68. The molecular weight excluding hydrogens is 237 g/mol. The van der Waals surface area contributed by atoms with E-state index in [4.69, 9.17) is 23.2 Å². The number of halogens is 2. The number of H-pyrrole nitrogens is 1. The van der Waals surface area contributed by atoms with E-state index < -0.39 is 5.56 Å². The molecule has 1 heterocycles. The maximum absolute atomic E-state index is 11.3. The minimum absolute atomic E-state index is 0.0563. The second-order valence-electron chi connectivity index (χ2n) is 3.02. The van der Waals surface area contributed by atoms with Crippen molar-refractivity contribution >= 4 is 40.4 Å². The van der Waals surface area contributed by atoms with Gasteiger partial charge in [0.1, 0.15) is 0 Å². The molecule has 0 unspecified atom stereocenters. The lowest BCUT2D eigenvalue weighted by atomic mass is 10.2. The van der Waals surface area contributed by atoms with Crippen LogP contribution in [0.4, 0.5) is 0 Å². The van der Waals surface area contributed by atoms with Crippen LogP contribution in [0.1, 0.15) is 10.4 Å². The summed E-state index contributed by atoms with van der Waals surface area (Å²) < 4.78 is 0. The van der Waals surface area contributed by atoms with E-state index in [1.807, 2.05) is 0 Å². The van der Waals surface area contributed by atoms with Crippen LogP contribution >= 0.6 is 23.2 Å². The van der Waals surface area contributed by atoms with Gasteiger partial charge in [0.25, 0.3) is 5.56 Å². The summed E-state index contributed by atoms with van der Waals surface area (Å²) in [5, 5.41) is 1.44. The highest BCUT2D eigenvalue weighted by molar-refractivity contribution is 6.38. The number of rotatable bonds is 1. The van der Waals surface area contributed by atoms with Gasteiger partial charge in [-0.3, -0.25) is 9.59 Å². The van der Waals surface area contributed by atoms with Crippen LogP contribution in [0.15, 0.2) is 23.0 Å². The summed E-state index contributed by atoms with van der Waals surface area (Å²) in [6.45, 7) is 0. The van der Waals surface area contributed by atoms with Crippen LogP contribution in [0.3, 0.4) is 0 Å². The van der Waals surface area contributed by atoms with Gasteiger partial charge in [-0.05, 0) is 18.2 Å². The minimum atomic E-state index is -0.457. The molecule has 0 saturated heterocycles. The van der Waals surface area contributed by atoms with E-state index in [2.05, 4.69) is 4.98 Å². The van der Waals surface area contributed by atoms with Crippen LogP contribution in [0.2, 0.25) is 10.0 Å². The fraction of sp³-hybridized carbons (Fsp3) is 0. The Hall–Kier alpha value is -1.32. The molecule has 2 aromatic rings. The fourth-order valence-electron chi connectivity index (χ4n) is 1.35. The molecule has 3 nitrogen and oxygen atoms in total. The Bertz CT molecular complexity index is 604. The van der Waals surface area contributed by atoms with Crippen LogP contribution in [0, 0.1) is 0 Å². The normalized spacial score (nSPS) is 10.5. The van der Waals surface area contributed by atoms with Crippen molar-refractivity contribution in [3.8, 4) is 0 Å². The Morgan fingerprint density at radius 3 is 2.60 bits per heavy atom. The highest BCUT2D eigenvalue weighted by atomic mass is 35.5. The molecule has 1 aromatic carbocycles. The van der Waals surface area contributed by atoms with Crippen molar-refractivity contribution in [3.63, 3.8) is 0 Å².